The molecule has 0 aliphatic carbocycles. The Balaban J connectivity index is 3.77. The Kier molecular flexibility index (Phi) is 3.50. The topological polar surface area (TPSA) is 48.0 Å². The number of hydrogen-bond acceptors (Lipinski definition) is 2. The van der Waals surface area contributed by atoms with E-state index in [2.05, 4.69) is 0 Å². The molecule has 1 heterocycles. The Bertz CT molecular complexity index is 469. The van der Waals surface area contributed by atoms with E-state index in [1.165, 1.54) is 0 Å². The normalized spacial score (nSPS) is 11.9. The van der Waals surface area contributed by atoms with Crippen LogP contribution in [0.4, 0.5) is 0 Å². The van der Waals surface area contributed by atoms with Crippen molar-refractivity contribution in [3.8, 4) is 0 Å². The van der Waals surface area contributed by atoms with Crippen molar-refractivity contribution in [3.63, 3.8) is 0 Å². The molecular weight excluding hydrogens is 224 g/mol. The first-order valence-electron chi connectivity index (χ1n) is 5.33. The summed E-state index contributed by atoms with van der Waals surface area (Å²) in [6.07, 6.45) is 0. The van der Waals surface area contributed by atoms with Gasteiger partial charge in [0.15, 0.2) is 0 Å². The Morgan fingerprint density at radius 2 is 1.81 bits per heavy atom. The van der Waals surface area contributed by atoms with Crippen molar-refractivity contribution < 1.29 is 0 Å². The lowest BCUT2D eigenvalue weighted by atomic mass is 10.0. The second-order valence-corrected chi connectivity index (χ2v) is 5.40. The van der Waals surface area contributed by atoms with Gasteiger partial charge in [0, 0.05) is 23.3 Å². The molecule has 0 aromatic carbocycles. The molecule has 90 valence electrons. The molecule has 0 unspecified atom stereocenters. The van der Waals surface area contributed by atoms with Gasteiger partial charge in [0.05, 0.1) is 5.02 Å². The van der Waals surface area contributed by atoms with E-state index in [1.54, 1.807) is 4.57 Å². The average Bonchev–Trinajstić information content (AvgIpc) is 2.13. The van der Waals surface area contributed by atoms with Gasteiger partial charge in [0.25, 0.3) is 5.56 Å². The lowest BCUT2D eigenvalue weighted by Crippen LogP contribution is -2.38. The number of nitrogens with two attached hydrogens (primary N) is 1. The van der Waals surface area contributed by atoms with E-state index in [0.717, 1.165) is 11.3 Å². The molecule has 0 amide bonds. The summed E-state index contributed by atoms with van der Waals surface area (Å²) in [4.78, 5) is 12.3. The molecule has 2 N–H and O–H groups in total. The molecule has 0 radical (unpaired) electrons. The Hall–Kier alpha value is -0.800. The molecule has 0 bridgehead atoms. The molecule has 1 rings (SSSR count). The number of halogens is 1. The predicted molar refractivity (Wildman–Crippen MR) is 68.1 cm³/mol. The summed E-state index contributed by atoms with van der Waals surface area (Å²) >= 11 is 6.23. The highest BCUT2D eigenvalue weighted by atomic mass is 35.5. The maximum Gasteiger partial charge on any atom is 0.256 e. The first kappa shape index (κ1) is 13.3. The van der Waals surface area contributed by atoms with Gasteiger partial charge < -0.3 is 10.3 Å². The fraction of sp³-hybridized carbons (Fsp3) is 0.583. The minimum Gasteiger partial charge on any atom is -0.326 e. The first-order chi connectivity index (χ1) is 7.21. The van der Waals surface area contributed by atoms with Gasteiger partial charge in [-0.15, -0.1) is 0 Å². The third kappa shape index (κ3) is 2.02. The van der Waals surface area contributed by atoms with Gasteiger partial charge in [-0.2, -0.15) is 0 Å². The Morgan fingerprint density at radius 1 is 1.31 bits per heavy atom. The lowest BCUT2D eigenvalue weighted by Gasteiger charge is -2.27. The highest BCUT2D eigenvalue weighted by molar-refractivity contribution is 6.32. The van der Waals surface area contributed by atoms with Gasteiger partial charge in [-0.1, -0.05) is 11.6 Å². The van der Waals surface area contributed by atoms with Crippen molar-refractivity contribution in [3.05, 3.63) is 32.2 Å². The van der Waals surface area contributed by atoms with Gasteiger partial charge in [-0.25, -0.2) is 0 Å². The number of hydrogen-bond donors (Lipinski definition) is 1. The SMILES string of the molecule is Cc1c(Cl)c(C)n(C(C)(C)C)c(=O)c1CN. The second kappa shape index (κ2) is 4.22. The average molecular weight is 243 g/mol. The number of aromatic nitrogens is 1. The van der Waals surface area contributed by atoms with Gasteiger partial charge in [0.1, 0.15) is 0 Å². The molecule has 0 atom stereocenters. The van der Waals surface area contributed by atoms with Crippen LogP contribution in [0.25, 0.3) is 0 Å². The molecule has 1 aromatic heterocycles. The molecule has 16 heavy (non-hydrogen) atoms. The third-order valence-corrected chi connectivity index (χ3v) is 3.33. The van der Waals surface area contributed by atoms with Crippen molar-refractivity contribution in [2.75, 3.05) is 0 Å². The Labute approximate surface area is 101 Å². The smallest absolute Gasteiger partial charge is 0.256 e. The fourth-order valence-corrected chi connectivity index (χ4v) is 2.20. The van der Waals surface area contributed by atoms with Crippen molar-refractivity contribution >= 4 is 11.6 Å². The summed E-state index contributed by atoms with van der Waals surface area (Å²) in [5.74, 6) is 0. The molecule has 0 saturated carbocycles. The van der Waals surface area contributed by atoms with Gasteiger partial charge in [0.2, 0.25) is 0 Å². The number of rotatable bonds is 1. The highest BCUT2D eigenvalue weighted by Gasteiger charge is 2.22. The standard InChI is InChI=1S/C12H19ClN2O/c1-7-9(6-14)11(16)15(12(3,4)5)8(2)10(7)13/h6,14H2,1-5H3. The monoisotopic (exact) mass is 242 g/mol. The molecule has 0 aliphatic rings. The molecule has 4 heteroatoms. The fourth-order valence-electron chi connectivity index (χ4n) is 2.00. The lowest BCUT2D eigenvalue weighted by molar-refractivity contribution is 0.373. The molecule has 0 saturated heterocycles. The summed E-state index contributed by atoms with van der Waals surface area (Å²) in [6, 6.07) is 0. The van der Waals surface area contributed by atoms with Gasteiger partial charge in [-0.3, -0.25) is 4.79 Å². The van der Waals surface area contributed by atoms with Gasteiger partial charge >= 0.3 is 0 Å². The summed E-state index contributed by atoms with van der Waals surface area (Å²) < 4.78 is 1.71. The molecule has 0 aliphatic heterocycles. The van der Waals surface area contributed by atoms with Gasteiger partial charge in [-0.05, 0) is 40.2 Å². The van der Waals surface area contributed by atoms with E-state index in [1.807, 2.05) is 34.6 Å². The van der Waals surface area contributed by atoms with Crippen LogP contribution in [0.3, 0.4) is 0 Å². The van der Waals surface area contributed by atoms with E-state index in [0.29, 0.717) is 10.6 Å². The van der Waals surface area contributed by atoms with Crippen molar-refractivity contribution in [2.45, 2.75) is 46.7 Å². The van der Waals surface area contributed by atoms with Crippen LogP contribution < -0.4 is 11.3 Å². The molecule has 1 aromatic rings. The van der Waals surface area contributed by atoms with Crippen molar-refractivity contribution in [1.82, 2.24) is 4.57 Å². The largest absolute Gasteiger partial charge is 0.326 e. The summed E-state index contributed by atoms with van der Waals surface area (Å²) in [5, 5.41) is 0.634. The maximum absolute atomic E-state index is 12.3. The van der Waals surface area contributed by atoms with Crippen LogP contribution in [0.15, 0.2) is 4.79 Å². The van der Waals surface area contributed by atoms with E-state index < -0.39 is 0 Å². The molecule has 0 spiro atoms. The van der Waals surface area contributed by atoms with Crippen LogP contribution in [0.1, 0.15) is 37.6 Å². The zero-order chi connectivity index (χ0) is 12.7. The summed E-state index contributed by atoms with van der Waals surface area (Å²) in [5.41, 5.74) is 7.49. The van der Waals surface area contributed by atoms with Crippen molar-refractivity contribution in [1.29, 1.82) is 0 Å². The zero-order valence-electron chi connectivity index (χ0n) is 10.5. The van der Waals surface area contributed by atoms with E-state index >= 15 is 0 Å². The first-order valence-corrected chi connectivity index (χ1v) is 5.70. The third-order valence-electron chi connectivity index (χ3n) is 2.77. The van der Waals surface area contributed by atoms with E-state index in [-0.39, 0.29) is 17.6 Å². The Morgan fingerprint density at radius 3 is 2.19 bits per heavy atom. The summed E-state index contributed by atoms with van der Waals surface area (Å²) in [7, 11) is 0. The van der Waals surface area contributed by atoms with Crippen LogP contribution in [0.2, 0.25) is 5.02 Å². The van der Waals surface area contributed by atoms with Crippen LogP contribution in [-0.2, 0) is 12.1 Å². The molecule has 3 nitrogen and oxygen atoms in total. The predicted octanol–water partition coefficient (Wildman–Crippen LogP) is 2.33. The minimum atomic E-state index is -0.289. The van der Waals surface area contributed by atoms with E-state index in [4.69, 9.17) is 17.3 Å². The molecular formula is C12H19ClN2O. The zero-order valence-corrected chi connectivity index (χ0v) is 11.3. The number of nitrogens with zero attached hydrogens (tertiary/aromatic N) is 1. The number of pyridine rings is 1. The minimum absolute atomic E-state index is 0.0330. The maximum atomic E-state index is 12.3. The van der Waals surface area contributed by atoms with Crippen LogP contribution in [0.5, 0.6) is 0 Å². The van der Waals surface area contributed by atoms with E-state index in [9.17, 15) is 4.79 Å². The van der Waals surface area contributed by atoms with Crippen LogP contribution in [0, 0.1) is 13.8 Å². The van der Waals surface area contributed by atoms with Crippen molar-refractivity contribution in [2.24, 2.45) is 5.73 Å². The summed E-state index contributed by atoms with van der Waals surface area (Å²) in [6.45, 7) is 9.86. The molecule has 0 fully saturated rings. The quantitative estimate of drug-likeness (QED) is 0.822. The second-order valence-electron chi connectivity index (χ2n) is 5.02. The van der Waals surface area contributed by atoms with Crippen LogP contribution in [-0.4, -0.2) is 4.57 Å². The van der Waals surface area contributed by atoms with Crippen LogP contribution >= 0.6 is 11.6 Å². The highest BCUT2D eigenvalue weighted by Crippen LogP contribution is 2.24.